The molecule has 2 heterocycles. The van der Waals surface area contributed by atoms with E-state index in [9.17, 15) is 9.59 Å². The number of esters is 1. The number of benzene rings is 2. The van der Waals surface area contributed by atoms with Gasteiger partial charge in [-0.15, -0.1) is 0 Å². The molecule has 0 saturated carbocycles. The molecule has 1 aliphatic rings. The molecule has 7 heteroatoms. The van der Waals surface area contributed by atoms with Gasteiger partial charge in [0.25, 0.3) is 5.91 Å². The van der Waals surface area contributed by atoms with Gasteiger partial charge >= 0.3 is 5.97 Å². The molecule has 30 heavy (non-hydrogen) atoms. The summed E-state index contributed by atoms with van der Waals surface area (Å²) >= 11 is 0. The smallest absolute Gasteiger partial charge is 0.356 e. The molecule has 1 aliphatic heterocycles. The van der Waals surface area contributed by atoms with Gasteiger partial charge in [-0.05, 0) is 24.6 Å². The summed E-state index contributed by atoms with van der Waals surface area (Å²) in [4.78, 5) is 29.8. The third kappa shape index (κ3) is 3.52. The van der Waals surface area contributed by atoms with Crippen molar-refractivity contribution in [2.75, 3.05) is 26.1 Å². The number of anilines is 1. The number of ether oxygens (including phenoxy) is 2. The van der Waals surface area contributed by atoms with E-state index in [-0.39, 0.29) is 17.6 Å². The molecule has 0 fully saturated rings. The van der Waals surface area contributed by atoms with E-state index in [2.05, 4.69) is 28.5 Å². The number of nitrogens with one attached hydrogen (secondary N) is 3. The van der Waals surface area contributed by atoms with Crippen molar-refractivity contribution in [2.24, 2.45) is 0 Å². The maximum atomic E-state index is 13.2. The number of carbonyl (C=O) groups is 2. The van der Waals surface area contributed by atoms with Crippen molar-refractivity contribution < 1.29 is 24.0 Å². The molecule has 0 bridgehead atoms. The quantitative estimate of drug-likeness (QED) is 0.564. The van der Waals surface area contributed by atoms with Crippen LogP contribution in [0.5, 0.6) is 5.75 Å². The molecule has 1 amide bonds. The molecule has 4 rings (SSSR count). The first-order valence-corrected chi connectivity index (χ1v) is 10.0. The van der Waals surface area contributed by atoms with Crippen LogP contribution < -0.4 is 15.0 Å². The van der Waals surface area contributed by atoms with Crippen LogP contribution in [0, 0.1) is 0 Å². The number of hydrogen-bond acceptors (Lipinski definition) is 4. The molecule has 0 spiro atoms. The first kappa shape index (κ1) is 20.0. The first-order valence-electron chi connectivity index (χ1n) is 10.0. The number of methoxy groups -OCH3 is 2. The van der Waals surface area contributed by atoms with Crippen LogP contribution >= 0.6 is 0 Å². The van der Waals surface area contributed by atoms with Gasteiger partial charge in [-0.1, -0.05) is 30.3 Å². The highest BCUT2D eigenvalue weighted by atomic mass is 16.5. The number of aromatic amines is 1. The van der Waals surface area contributed by atoms with Gasteiger partial charge in [0.05, 0.1) is 37.4 Å². The van der Waals surface area contributed by atoms with Gasteiger partial charge in [-0.3, -0.25) is 4.79 Å². The van der Waals surface area contributed by atoms with Crippen molar-refractivity contribution in [1.29, 1.82) is 0 Å². The second-order valence-corrected chi connectivity index (χ2v) is 7.56. The van der Waals surface area contributed by atoms with Crippen LogP contribution in [0.3, 0.4) is 0 Å². The molecule has 156 valence electrons. The Morgan fingerprint density at radius 2 is 1.87 bits per heavy atom. The zero-order chi connectivity index (χ0) is 21.3. The maximum Gasteiger partial charge on any atom is 0.356 e. The summed E-state index contributed by atoms with van der Waals surface area (Å²) in [6.45, 7) is 3.60. The van der Waals surface area contributed by atoms with Crippen LogP contribution in [-0.4, -0.2) is 43.7 Å². The molecule has 1 aromatic heterocycles. The lowest BCUT2D eigenvalue weighted by Gasteiger charge is -2.30. The number of H-pyrrole nitrogens is 1. The number of rotatable bonds is 5. The molecular formula is C23H26N3O4+. The second kappa shape index (κ2) is 8.20. The number of carbonyl (C=O) groups excluding carboxylic acids is 2. The van der Waals surface area contributed by atoms with E-state index in [1.807, 2.05) is 25.1 Å². The number of hydrogen-bond donors (Lipinski definition) is 3. The predicted molar refractivity (Wildman–Crippen MR) is 114 cm³/mol. The van der Waals surface area contributed by atoms with Crippen molar-refractivity contribution in [3.63, 3.8) is 0 Å². The zero-order valence-corrected chi connectivity index (χ0v) is 17.4. The Kier molecular flexibility index (Phi) is 5.46. The molecular weight excluding hydrogens is 382 g/mol. The molecule has 3 aromatic rings. The highest BCUT2D eigenvalue weighted by Crippen LogP contribution is 2.35. The van der Waals surface area contributed by atoms with Gasteiger partial charge in [0.2, 0.25) is 0 Å². The van der Waals surface area contributed by atoms with Crippen molar-refractivity contribution in [1.82, 2.24) is 4.98 Å². The lowest BCUT2D eigenvalue weighted by atomic mass is 9.98. The molecule has 2 atom stereocenters. The second-order valence-electron chi connectivity index (χ2n) is 7.56. The molecule has 0 saturated heterocycles. The largest absolute Gasteiger partial charge is 0.496 e. The highest BCUT2D eigenvalue weighted by molar-refractivity contribution is 6.13. The first-order chi connectivity index (χ1) is 14.5. The molecule has 2 aromatic carbocycles. The summed E-state index contributed by atoms with van der Waals surface area (Å²) in [6.07, 6.45) is 0.942. The predicted octanol–water partition coefficient (Wildman–Crippen LogP) is 1.93. The third-order valence-electron chi connectivity index (χ3n) is 5.90. The fraction of sp³-hybridized carbons (Fsp3) is 0.304. The average Bonchev–Trinajstić information content (AvgIpc) is 3.16. The highest BCUT2D eigenvalue weighted by Gasteiger charge is 2.31. The summed E-state index contributed by atoms with van der Waals surface area (Å²) < 4.78 is 10.4. The van der Waals surface area contributed by atoms with Gasteiger partial charge in [0.15, 0.2) is 6.04 Å². The summed E-state index contributed by atoms with van der Waals surface area (Å²) in [5.41, 5.74) is 3.92. The number of fused-ring (bicyclic) bond motifs is 2. The van der Waals surface area contributed by atoms with E-state index in [0.717, 1.165) is 19.5 Å². The summed E-state index contributed by atoms with van der Waals surface area (Å²) in [7, 11) is 2.87. The van der Waals surface area contributed by atoms with E-state index in [1.54, 1.807) is 13.2 Å². The Morgan fingerprint density at radius 3 is 2.60 bits per heavy atom. The molecule has 7 nitrogen and oxygen atoms in total. The number of aromatic nitrogens is 1. The van der Waals surface area contributed by atoms with Crippen molar-refractivity contribution >= 4 is 28.5 Å². The topological polar surface area (TPSA) is 84.9 Å². The minimum atomic E-state index is -0.546. The Bertz CT molecular complexity index is 1110. The molecule has 0 aliphatic carbocycles. The molecule has 0 radical (unpaired) electrons. The van der Waals surface area contributed by atoms with E-state index < -0.39 is 5.97 Å². The monoisotopic (exact) mass is 408 g/mol. The van der Waals surface area contributed by atoms with Gasteiger partial charge in [-0.25, -0.2) is 4.79 Å². The van der Waals surface area contributed by atoms with Crippen molar-refractivity contribution in [2.45, 2.75) is 25.9 Å². The van der Waals surface area contributed by atoms with E-state index in [0.29, 0.717) is 22.3 Å². The lowest BCUT2D eigenvalue weighted by Crippen LogP contribution is -3.16. The molecule has 3 N–H and O–H groups in total. The van der Waals surface area contributed by atoms with Crippen molar-refractivity contribution in [3.8, 4) is 5.75 Å². The Morgan fingerprint density at radius 1 is 1.10 bits per heavy atom. The minimum absolute atomic E-state index is 0.152. The van der Waals surface area contributed by atoms with Crippen LogP contribution in [0.1, 0.15) is 28.5 Å². The Labute approximate surface area is 175 Å². The van der Waals surface area contributed by atoms with Crippen LogP contribution in [0.15, 0.2) is 42.5 Å². The standard InChI is InChI=1S/C23H25N3O4/c1-14(26-12-11-15-7-4-5-8-16(15)13-26)22(27)25-20-19-17(9-6-10-18(19)29-2)24-21(20)23(28)30-3/h4-10,14,24H,11-13H2,1-3H3,(H,25,27)/p+1/t14-/m0/s1. The van der Waals surface area contributed by atoms with Crippen LogP contribution in [0.25, 0.3) is 10.9 Å². The van der Waals surface area contributed by atoms with Gasteiger partial charge < -0.3 is 24.7 Å². The fourth-order valence-corrected chi connectivity index (χ4v) is 4.15. The van der Waals surface area contributed by atoms with Gasteiger partial charge in [0, 0.05) is 12.0 Å². The van der Waals surface area contributed by atoms with Gasteiger partial charge in [0.1, 0.15) is 18.0 Å². The average molecular weight is 408 g/mol. The summed E-state index contributed by atoms with van der Waals surface area (Å²) in [6, 6.07) is 13.5. The zero-order valence-electron chi connectivity index (χ0n) is 17.4. The Balaban J connectivity index is 1.63. The normalized spacial score (nSPS) is 16.6. The molecule has 1 unspecified atom stereocenters. The van der Waals surface area contributed by atoms with Crippen LogP contribution in [-0.2, 0) is 22.5 Å². The van der Waals surface area contributed by atoms with E-state index in [1.165, 1.54) is 23.1 Å². The summed E-state index contributed by atoms with van der Waals surface area (Å²) in [5, 5.41) is 3.63. The van der Waals surface area contributed by atoms with E-state index in [4.69, 9.17) is 9.47 Å². The third-order valence-corrected chi connectivity index (χ3v) is 5.90. The van der Waals surface area contributed by atoms with Crippen molar-refractivity contribution in [3.05, 3.63) is 59.3 Å². The Hall–Kier alpha value is -3.32. The van der Waals surface area contributed by atoms with E-state index >= 15 is 0 Å². The number of amides is 1. The fourth-order valence-electron chi connectivity index (χ4n) is 4.15. The summed E-state index contributed by atoms with van der Waals surface area (Å²) in [5.74, 6) is -0.127. The van der Waals surface area contributed by atoms with Crippen LogP contribution in [0.2, 0.25) is 0 Å². The maximum absolute atomic E-state index is 13.2. The lowest BCUT2D eigenvalue weighted by molar-refractivity contribution is -0.929. The number of quaternary nitrogens is 1. The minimum Gasteiger partial charge on any atom is -0.496 e. The SMILES string of the molecule is COC(=O)c1[nH]c2cccc(OC)c2c1NC(=O)[C@H](C)[NH+]1CCc2ccccc2C1. The van der Waals surface area contributed by atoms with Gasteiger partial charge in [-0.2, -0.15) is 0 Å². The van der Waals surface area contributed by atoms with Crippen LogP contribution in [0.4, 0.5) is 5.69 Å².